The van der Waals surface area contributed by atoms with Crippen LogP contribution < -0.4 is 4.74 Å². The van der Waals surface area contributed by atoms with Crippen molar-refractivity contribution in [3.8, 4) is 28.6 Å². The molecule has 4 heteroatoms. The van der Waals surface area contributed by atoms with E-state index in [2.05, 4.69) is 10.1 Å². The summed E-state index contributed by atoms with van der Waals surface area (Å²) in [4.78, 5) is 4.45. The van der Waals surface area contributed by atoms with Crippen LogP contribution in [0.15, 0.2) is 53.1 Å². The van der Waals surface area contributed by atoms with Crippen molar-refractivity contribution in [3.63, 3.8) is 0 Å². The van der Waals surface area contributed by atoms with E-state index >= 15 is 0 Å². The number of methoxy groups -OCH3 is 1. The van der Waals surface area contributed by atoms with Crippen molar-refractivity contribution >= 4 is 0 Å². The van der Waals surface area contributed by atoms with Gasteiger partial charge in [-0.05, 0) is 30.7 Å². The van der Waals surface area contributed by atoms with E-state index in [1.165, 1.54) is 0 Å². The fraction of sp³-hybridized carbons (Fsp3) is 0.125. The molecule has 100 valence electrons. The van der Waals surface area contributed by atoms with Gasteiger partial charge in [0, 0.05) is 11.1 Å². The summed E-state index contributed by atoms with van der Waals surface area (Å²) in [6, 6.07) is 15.5. The largest absolute Gasteiger partial charge is 0.497 e. The number of ether oxygens (including phenoxy) is 1. The van der Waals surface area contributed by atoms with Gasteiger partial charge in [-0.15, -0.1) is 0 Å². The molecular formula is C16H14N2O2. The standard InChI is InChI=1S/C16H14N2O2/c1-11-6-3-4-9-14(11)16-17-15(18-20-16)12-7-5-8-13(10-12)19-2/h3-10H,1-2H3. The lowest BCUT2D eigenvalue weighted by molar-refractivity contribution is 0.414. The molecule has 0 N–H and O–H groups in total. The van der Waals surface area contributed by atoms with Gasteiger partial charge in [0.2, 0.25) is 5.82 Å². The van der Waals surface area contributed by atoms with Crippen molar-refractivity contribution in [2.45, 2.75) is 6.92 Å². The van der Waals surface area contributed by atoms with Crippen LogP contribution in [0.5, 0.6) is 5.75 Å². The van der Waals surface area contributed by atoms with Gasteiger partial charge < -0.3 is 9.26 Å². The van der Waals surface area contributed by atoms with Gasteiger partial charge in [0.1, 0.15) is 5.75 Å². The van der Waals surface area contributed by atoms with Crippen LogP contribution in [-0.4, -0.2) is 17.3 Å². The molecule has 0 aliphatic rings. The van der Waals surface area contributed by atoms with E-state index in [1.54, 1.807) is 7.11 Å². The van der Waals surface area contributed by atoms with E-state index in [9.17, 15) is 0 Å². The molecule has 20 heavy (non-hydrogen) atoms. The predicted octanol–water partition coefficient (Wildman–Crippen LogP) is 3.72. The Balaban J connectivity index is 2.00. The van der Waals surface area contributed by atoms with Crippen LogP contribution >= 0.6 is 0 Å². The molecule has 0 saturated carbocycles. The molecule has 2 aromatic carbocycles. The van der Waals surface area contributed by atoms with Crippen molar-refractivity contribution < 1.29 is 9.26 Å². The minimum absolute atomic E-state index is 0.529. The number of benzene rings is 2. The summed E-state index contributed by atoms with van der Waals surface area (Å²) in [5.41, 5.74) is 2.93. The van der Waals surface area contributed by atoms with Crippen LogP contribution in [0, 0.1) is 6.92 Å². The molecule has 0 aliphatic carbocycles. The maximum absolute atomic E-state index is 5.36. The first-order chi connectivity index (χ1) is 9.78. The number of aromatic nitrogens is 2. The molecule has 4 nitrogen and oxygen atoms in total. The number of aryl methyl sites for hydroxylation is 1. The third kappa shape index (κ3) is 2.28. The summed E-state index contributed by atoms with van der Waals surface area (Å²) in [6.45, 7) is 2.02. The Bertz CT molecular complexity index is 735. The highest BCUT2D eigenvalue weighted by atomic mass is 16.5. The summed E-state index contributed by atoms with van der Waals surface area (Å²) >= 11 is 0. The third-order valence-corrected chi connectivity index (χ3v) is 3.13. The molecule has 0 unspecified atom stereocenters. The predicted molar refractivity (Wildman–Crippen MR) is 76.5 cm³/mol. The van der Waals surface area contributed by atoms with Gasteiger partial charge in [-0.3, -0.25) is 0 Å². The third-order valence-electron chi connectivity index (χ3n) is 3.13. The molecular weight excluding hydrogens is 252 g/mol. The molecule has 0 aliphatic heterocycles. The van der Waals surface area contributed by atoms with Gasteiger partial charge in [0.25, 0.3) is 5.89 Å². The molecule has 0 amide bonds. The minimum Gasteiger partial charge on any atom is -0.497 e. The summed E-state index contributed by atoms with van der Waals surface area (Å²) in [5.74, 6) is 1.85. The molecule has 1 aromatic heterocycles. The lowest BCUT2D eigenvalue weighted by Gasteiger charge is -2.00. The van der Waals surface area contributed by atoms with Crippen LogP contribution in [0.25, 0.3) is 22.8 Å². The number of hydrogen-bond donors (Lipinski definition) is 0. The smallest absolute Gasteiger partial charge is 0.258 e. The molecule has 0 fully saturated rings. The Kier molecular flexibility index (Phi) is 3.21. The lowest BCUT2D eigenvalue weighted by Crippen LogP contribution is -1.86. The lowest BCUT2D eigenvalue weighted by atomic mass is 10.1. The first kappa shape index (κ1) is 12.4. The van der Waals surface area contributed by atoms with Crippen molar-refractivity contribution in [1.82, 2.24) is 10.1 Å². The van der Waals surface area contributed by atoms with Crippen LogP contribution in [0.3, 0.4) is 0 Å². The average molecular weight is 266 g/mol. The van der Waals surface area contributed by atoms with E-state index in [-0.39, 0.29) is 0 Å². The summed E-state index contributed by atoms with van der Waals surface area (Å²) in [7, 11) is 1.63. The van der Waals surface area contributed by atoms with Crippen LogP contribution in [0.4, 0.5) is 0 Å². The zero-order chi connectivity index (χ0) is 13.9. The highest BCUT2D eigenvalue weighted by Crippen LogP contribution is 2.26. The molecule has 0 saturated heterocycles. The Hall–Kier alpha value is -2.62. The van der Waals surface area contributed by atoms with Gasteiger partial charge in [0.05, 0.1) is 7.11 Å². The Morgan fingerprint density at radius 2 is 1.90 bits per heavy atom. The first-order valence-corrected chi connectivity index (χ1v) is 6.32. The van der Waals surface area contributed by atoms with Gasteiger partial charge in [-0.2, -0.15) is 4.98 Å². The zero-order valence-electron chi connectivity index (χ0n) is 11.3. The van der Waals surface area contributed by atoms with E-state index in [4.69, 9.17) is 9.26 Å². The van der Waals surface area contributed by atoms with Crippen molar-refractivity contribution in [2.75, 3.05) is 7.11 Å². The maximum atomic E-state index is 5.36. The second kappa shape index (κ2) is 5.17. The van der Waals surface area contributed by atoms with Gasteiger partial charge >= 0.3 is 0 Å². The Morgan fingerprint density at radius 3 is 2.70 bits per heavy atom. The SMILES string of the molecule is COc1cccc(-c2noc(-c3ccccc3C)n2)c1. The van der Waals surface area contributed by atoms with Crippen LogP contribution in [-0.2, 0) is 0 Å². The van der Waals surface area contributed by atoms with Crippen molar-refractivity contribution in [2.24, 2.45) is 0 Å². The second-order valence-electron chi connectivity index (χ2n) is 4.47. The highest BCUT2D eigenvalue weighted by molar-refractivity contribution is 5.63. The fourth-order valence-corrected chi connectivity index (χ4v) is 2.03. The fourth-order valence-electron chi connectivity index (χ4n) is 2.03. The normalized spacial score (nSPS) is 10.5. The molecule has 0 atom stereocenters. The van der Waals surface area contributed by atoms with Gasteiger partial charge in [-0.25, -0.2) is 0 Å². The molecule has 0 spiro atoms. The van der Waals surface area contributed by atoms with E-state index in [0.717, 1.165) is 22.4 Å². The van der Waals surface area contributed by atoms with Crippen molar-refractivity contribution in [1.29, 1.82) is 0 Å². The van der Waals surface area contributed by atoms with E-state index < -0.39 is 0 Å². The number of hydrogen-bond acceptors (Lipinski definition) is 4. The Labute approximate surface area is 117 Å². The quantitative estimate of drug-likeness (QED) is 0.725. The van der Waals surface area contributed by atoms with Crippen molar-refractivity contribution in [3.05, 3.63) is 54.1 Å². The van der Waals surface area contributed by atoms with Gasteiger partial charge in [-0.1, -0.05) is 35.5 Å². The molecule has 0 bridgehead atoms. The summed E-state index contributed by atoms with van der Waals surface area (Å²) in [6.07, 6.45) is 0. The van der Waals surface area contributed by atoms with Crippen LogP contribution in [0.2, 0.25) is 0 Å². The van der Waals surface area contributed by atoms with E-state index in [1.807, 2.05) is 55.5 Å². The molecule has 0 radical (unpaired) electrons. The van der Waals surface area contributed by atoms with Gasteiger partial charge in [0.15, 0.2) is 0 Å². The summed E-state index contributed by atoms with van der Waals surface area (Å²) < 4.78 is 10.6. The highest BCUT2D eigenvalue weighted by Gasteiger charge is 2.12. The number of rotatable bonds is 3. The second-order valence-corrected chi connectivity index (χ2v) is 4.47. The minimum atomic E-state index is 0.529. The monoisotopic (exact) mass is 266 g/mol. The van der Waals surface area contributed by atoms with E-state index in [0.29, 0.717) is 11.7 Å². The number of nitrogens with zero attached hydrogens (tertiary/aromatic N) is 2. The first-order valence-electron chi connectivity index (χ1n) is 6.32. The average Bonchev–Trinajstić information content (AvgIpc) is 2.97. The maximum Gasteiger partial charge on any atom is 0.258 e. The molecule has 3 aromatic rings. The topological polar surface area (TPSA) is 48.2 Å². The molecule has 1 heterocycles. The molecule has 3 rings (SSSR count). The van der Waals surface area contributed by atoms with Crippen LogP contribution in [0.1, 0.15) is 5.56 Å². The zero-order valence-corrected chi connectivity index (χ0v) is 11.3. The summed E-state index contributed by atoms with van der Waals surface area (Å²) in [5, 5.41) is 4.04. The Morgan fingerprint density at radius 1 is 1.05 bits per heavy atom.